The highest BCUT2D eigenvalue weighted by atomic mass is 16.5. The number of piperidine rings is 1. The molecule has 0 amide bonds. The molecule has 0 aliphatic carbocycles. The monoisotopic (exact) mass is 216 g/mol. The lowest BCUT2D eigenvalue weighted by Crippen LogP contribution is -2.34. The minimum Gasteiger partial charge on any atom is -0.490 e. The van der Waals surface area contributed by atoms with E-state index in [2.05, 4.69) is 11.4 Å². The second kappa shape index (κ2) is 5.53. The summed E-state index contributed by atoms with van der Waals surface area (Å²) in [6.45, 7) is 2.06. The number of benzene rings is 1. The number of rotatable bonds is 3. The van der Waals surface area contributed by atoms with Crippen LogP contribution in [0.5, 0.6) is 5.75 Å². The summed E-state index contributed by atoms with van der Waals surface area (Å²) in [6.07, 6.45) is 2.88. The van der Waals surface area contributed by atoms with Gasteiger partial charge in [0.05, 0.1) is 12.5 Å². The first-order chi connectivity index (χ1) is 7.88. The third kappa shape index (κ3) is 2.98. The summed E-state index contributed by atoms with van der Waals surface area (Å²) >= 11 is 0. The van der Waals surface area contributed by atoms with Crippen molar-refractivity contribution in [1.82, 2.24) is 5.32 Å². The van der Waals surface area contributed by atoms with Crippen molar-refractivity contribution < 1.29 is 4.74 Å². The van der Waals surface area contributed by atoms with Crippen LogP contribution in [-0.2, 0) is 6.42 Å². The summed E-state index contributed by atoms with van der Waals surface area (Å²) < 4.78 is 5.89. The molecule has 1 aliphatic heterocycles. The van der Waals surface area contributed by atoms with Gasteiger partial charge in [0.1, 0.15) is 11.9 Å². The summed E-state index contributed by atoms with van der Waals surface area (Å²) in [5.74, 6) is 0.889. The fraction of sp³-hybridized carbons (Fsp3) is 0.462. The molecule has 2 rings (SSSR count). The van der Waals surface area contributed by atoms with Gasteiger partial charge in [-0.05, 0) is 43.6 Å². The van der Waals surface area contributed by atoms with E-state index in [1.165, 1.54) is 0 Å². The molecular weight excluding hydrogens is 200 g/mol. The number of hydrogen-bond acceptors (Lipinski definition) is 3. The van der Waals surface area contributed by atoms with Gasteiger partial charge >= 0.3 is 0 Å². The van der Waals surface area contributed by atoms with Crippen molar-refractivity contribution in [3.63, 3.8) is 0 Å². The van der Waals surface area contributed by atoms with Gasteiger partial charge in [0, 0.05) is 0 Å². The van der Waals surface area contributed by atoms with Crippen molar-refractivity contribution in [2.45, 2.75) is 25.4 Å². The van der Waals surface area contributed by atoms with Crippen LogP contribution in [0.4, 0.5) is 0 Å². The van der Waals surface area contributed by atoms with Gasteiger partial charge in [0.25, 0.3) is 0 Å². The predicted octanol–water partition coefficient (Wildman–Crippen LogP) is 1.88. The minimum absolute atomic E-state index is 0.318. The SMILES string of the molecule is N#CCc1cccc(OC2CCNCC2)c1. The second-order valence-corrected chi connectivity index (χ2v) is 4.05. The fourth-order valence-electron chi connectivity index (χ4n) is 1.93. The van der Waals surface area contributed by atoms with Crippen LogP contribution in [0.3, 0.4) is 0 Å². The molecule has 0 saturated carbocycles. The highest BCUT2D eigenvalue weighted by Gasteiger charge is 2.14. The summed E-state index contributed by atoms with van der Waals surface area (Å²) in [7, 11) is 0. The highest BCUT2D eigenvalue weighted by Crippen LogP contribution is 2.18. The van der Waals surface area contributed by atoms with E-state index in [0.29, 0.717) is 12.5 Å². The van der Waals surface area contributed by atoms with Crippen LogP contribution in [0.2, 0.25) is 0 Å². The Labute approximate surface area is 96.0 Å². The van der Waals surface area contributed by atoms with E-state index in [1.54, 1.807) is 0 Å². The van der Waals surface area contributed by atoms with Gasteiger partial charge in [-0.25, -0.2) is 0 Å². The molecule has 1 aliphatic rings. The fourth-order valence-corrected chi connectivity index (χ4v) is 1.93. The van der Waals surface area contributed by atoms with Crippen LogP contribution in [0.15, 0.2) is 24.3 Å². The largest absolute Gasteiger partial charge is 0.490 e. The molecule has 3 heteroatoms. The summed E-state index contributed by atoms with van der Waals surface area (Å²) in [6, 6.07) is 9.98. The van der Waals surface area contributed by atoms with E-state index in [9.17, 15) is 0 Å². The third-order valence-electron chi connectivity index (χ3n) is 2.77. The van der Waals surface area contributed by atoms with Crippen molar-refractivity contribution in [2.75, 3.05) is 13.1 Å². The van der Waals surface area contributed by atoms with Crippen LogP contribution in [0, 0.1) is 11.3 Å². The van der Waals surface area contributed by atoms with Gasteiger partial charge in [0.15, 0.2) is 0 Å². The lowest BCUT2D eigenvalue weighted by molar-refractivity contribution is 0.162. The first kappa shape index (κ1) is 11.0. The number of nitrogens with zero attached hydrogens (tertiary/aromatic N) is 1. The van der Waals surface area contributed by atoms with Crippen molar-refractivity contribution >= 4 is 0 Å². The lowest BCUT2D eigenvalue weighted by Gasteiger charge is -2.23. The normalized spacial score (nSPS) is 16.7. The number of ether oxygens (including phenoxy) is 1. The van der Waals surface area contributed by atoms with Gasteiger partial charge in [0.2, 0.25) is 0 Å². The molecule has 0 aromatic heterocycles. The Morgan fingerprint density at radius 1 is 1.38 bits per heavy atom. The van der Waals surface area contributed by atoms with Crippen LogP contribution < -0.4 is 10.1 Å². The minimum atomic E-state index is 0.318. The Hall–Kier alpha value is -1.53. The van der Waals surface area contributed by atoms with E-state index >= 15 is 0 Å². The topological polar surface area (TPSA) is 45.0 Å². The molecule has 1 fully saturated rings. The standard InChI is InChI=1S/C13H16N2O/c14-7-4-11-2-1-3-13(10-11)16-12-5-8-15-9-6-12/h1-3,10,12,15H,4-6,8-9H2. The molecule has 1 aromatic carbocycles. The second-order valence-electron chi connectivity index (χ2n) is 4.05. The number of hydrogen-bond donors (Lipinski definition) is 1. The first-order valence-corrected chi connectivity index (χ1v) is 5.72. The maximum atomic E-state index is 8.63. The van der Waals surface area contributed by atoms with Gasteiger partial charge in [-0.1, -0.05) is 12.1 Å². The molecule has 0 bridgehead atoms. The Balaban J connectivity index is 1.97. The van der Waals surface area contributed by atoms with E-state index in [4.69, 9.17) is 10.00 Å². The average molecular weight is 216 g/mol. The van der Waals surface area contributed by atoms with E-state index in [0.717, 1.165) is 37.2 Å². The molecule has 1 saturated heterocycles. The van der Waals surface area contributed by atoms with Crippen molar-refractivity contribution in [2.24, 2.45) is 0 Å². The summed E-state index contributed by atoms with van der Waals surface area (Å²) in [5.41, 5.74) is 1.02. The molecule has 0 radical (unpaired) electrons. The van der Waals surface area contributed by atoms with Crippen molar-refractivity contribution in [1.29, 1.82) is 5.26 Å². The summed E-state index contributed by atoms with van der Waals surface area (Å²) in [4.78, 5) is 0. The Morgan fingerprint density at radius 3 is 2.94 bits per heavy atom. The molecule has 0 unspecified atom stereocenters. The van der Waals surface area contributed by atoms with E-state index < -0.39 is 0 Å². The zero-order chi connectivity index (χ0) is 11.2. The summed E-state index contributed by atoms with van der Waals surface area (Å²) in [5, 5.41) is 11.9. The van der Waals surface area contributed by atoms with Crippen molar-refractivity contribution in [3.8, 4) is 11.8 Å². The first-order valence-electron chi connectivity index (χ1n) is 5.72. The predicted molar refractivity (Wildman–Crippen MR) is 62.3 cm³/mol. The maximum absolute atomic E-state index is 8.63. The molecular formula is C13H16N2O. The smallest absolute Gasteiger partial charge is 0.120 e. The maximum Gasteiger partial charge on any atom is 0.120 e. The van der Waals surface area contributed by atoms with Crippen molar-refractivity contribution in [3.05, 3.63) is 29.8 Å². The van der Waals surface area contributed by atoms with Crippen LogP contribution >= 0.6 is 0 Å². The quantitative estimate of drug-likeness (QED) is 0.839. The van der Waals surface area contributed by atoms with Gasteiger partial charge < -0.3 is 10.1 Å². The number of nitrogens with one attached hydrogen (secondary N) is 1. The molecule has 1 N–H and O–H groups in total. The van der Waals surface area contributed by atoms with Gasteiger partial charge in [-0.15, -0.1) is 0 Å². The molecule has 16 heavy (non-hydrogen) atoms. The Kier molecular flexibility index (Phi) is 3.79. The van der Waals surface area contributed by atoms with Gasteiger partial charge in [-0.2, -0.15) is 5.26 Å². The zero-order valence-corrected chi connectivity index (χ0v) is 9.28. The molecule has 84 valence electrons. The molecule has 1 heterocycles. The molecule has 3 nitrogen and oxygen atoms in total. The molecule has 0 atom stereocenters. The van der Waals surface area contributed by atoms with Crippen LogP contribution in [-0.4, -0.2) is 19.2 Å². The van der Waals surface area contributed by atoms with E-state index in [1.807, 2.05) is 24.3 Å². The van der Waals surface area contributed by atoms with E-state index in [-0.39, 0.29) is 0 Å². The Morgan fingerprint density at radius 2 is 2.19 bits per heavy atom. The Bertz CT molecular complexity index is 378. The highest BCUT2D eigenvalue weighted by molar-refractivity contribution is 5.30. The average Bonchev–Trinajstić information content (AvgIpc) is 2.31. The molecule has 1 aromatic rings. The molecule has 0 spiro atoms. The van der Waals surface area contributed by atoms with Gasteiger partial charge in [-0.3, -0.25) is 0 Å². The van der Waals surface area contributed by atoms with Crippen LogP contribution in [0.1, 0.15) is 18.4 Å². The zero-order valence-electron chi connectivity index (χ0n) is 9.28. The third-order valence-corrected chi connectivity index (χ3v) is 2.77. The van der Waals surface area contributed by atoms with Crippen LogP contribution in [0.25, 0.3) is 0 Å². The lowest BCUT2D eigenvalue weighted by atomic mass is 10.1. The number of nitriles is 1.